The third-order valence-corrected chi connectivity index (χ3v) is 3.55. The SMILES string of the molecule is CCC1CN(c2ccc(C(F)(F)F)cc2C(=N)N)CCO1. The Hall–Kier alpha value is -1.76. The highest BCUT2D eigenvalue weighted by atomic mass is 19.4. The number of nitrogens with zero attached hydrogens (tertiary/aromatic N) is 1. The summed E-state index contributed by atoms with van der Waals surface area (Å²) >= 11 is 0. The predicted octanol–water partition coefficient (Wildman–Crippen LogP) is 2.60. The maximum atomic E-state index is 12.8. The van der Waals surface area contributed by atoms with Crippen LogP contribution < -0.4 is 10.6 Å². The van der Waals surface area contributed by atoms with Crippen molar-refractivity contribution in [2.24, 2.45) is 5.73 Å². The van der Waals surface area contributed by atoms with Gasteiger partial charge in [0, 0.05) is 24.3 Å². The minimum Gasteiger partial charge on any atom is -0.384 e. The number of anilines is 1. The van der Waals surface area contributed by atoms with E-state index in [9.17, 15) is 13.2 Å². The van der Waals surface area contributed by atoms with Gasteiger partial charge in [-0.1, -0.05) is 6.92 Å². The van der Waals surface area contributed by atoms with Crippen LogP contribution in [0.25, 0.3) is 0 Å². The van der Waals surface area contributed by atoms with Gasteiger partial charge in [0.05, 0.1) is 18.3 Å². The molecule has 0 saturated carbocycles. The van der Waals surface area contributed by atoms with E-state index < -0.39 is 11.7 Å². The van der Waals surface area contributed by atoms with Gasteiger partial charge in [-0.25, -0.2) is 0 Å². The summed E-state index contributed by atoms with van der Waals surface area (Å²) in [5.41, 5.74) is 5.33. The molecule has 0 aromatic heterocycles. The molecule has 1 aliphatic heterocycles. The molecular formula is C14H18F3N3O. The quantitative estimate of drug-likeness (QED) is 0.666. The summed E-state index contributed by atoms with van der Waals surface area (Å²) in [6, 6.07) is 3.35. The van der Waals surface area contributed by atoms with E-state index in [1.807, 2.05) is 11.8 Å². The summed E-state index contributed by atoms with van der Waals surface area (Å²) in [6.07, 6.45) is -3.58. The average Bonchev–Trinajstić information content (AvgIpc) is 2.45. The van der Waals surface area contributed by atoms with Crippen LogP contribution in [0, 0.1) is 5.41 Å². The smallest absolute Gasteiger partial charge is 0.384 e. The number of benzene rings is 1. The normalized spacial score (nSPS) is 19.6. The molecule has 1 fully saturated rings. The second kappa shape index (κ2) is 5.93. The van der Waals surface area contributed by atoms with E-state index in [1.165, 1.54) is 6.07 Å². The first-order chi connectivity index (χ1) is 9.82. The summed E-state index contributed by atoms with van der Waals surface area (Å²) in [7, 11) is 0. The topological polar surface area (TPSA) is 62.3 Å². The summed E-state index contributed by atoms with van der Waals surface area (Å²) in [5.74, 6) is -0.365. The molecule has 1 heterocycles. The molecule has 21 heavy (non-hydrogen) atoms. The van der Waals surface area contributed by atoms with Crippen LogP contribution in [0.15, 0.2) is 18.2 Å². The zero-order valence-electron chi connectivity index (χ0n) is 11.7. The Kier molecular flexibility index (Phi) is 4.41. The predicted molar refractivity (Wildman–Crippen MR) is 74.7 cm³/mol. The van der Waals surface area contributed by atoms with Crippen LogP contribution in [0.1, 0.15) is 24.5 Å². The van der Waals surface area contributed by atoms with Crippen LogP contribution in [-0.4, -0.2) is 31.6 Å². The van der Waals surface area contributed by atoms with E-state index in [-0.39, 0.29) is 17.5 Å². The Morgan fingerprint density at radius 1 is 1.48 bits per heavy atom. The Morgan fingerprint density at radius 3 is 2.76 bits per heavy atom. The lowest BCUT2D eigenvalue weighted by molar-refractivity contribution is -0.137. The molecule has 1 unspecified atom stereocenters. The fourth-order valence-corrected chi connectivity index (χ4v) is 2.39. The van der Waals surface area contributed by atoms with Gasteiger partial charge in [-0.3, -0.25) is 5.41 Å². The van der Waals surface area contributed by atoms with Gasteiger partial charge in [0.1, 0.15) is 5.84 Å². The number of halogens is 3. The molecule has 0 bridgehead atoms. The Balaban J connectivity index is 2.37. The lowest BCUT2D eigenvalue weighted by atomic mass is 10.0. The number of hydrogen-bond acceptors (Lipinski definition) is 3. The van der Waals surface area contributed by atoms with Gasteiger partial charge < -0.3 is 15.4 Å². The molecule has 1 aromatic carbocycles. The van der Waals surface area contributed by atoms with Crippen molar-refractivity contribution in [1.82, 2.24) is 0 Å². The van der Waals surface area contributed by atoms with Gasteiger partial charge in [0.25, 0.3) is 0 Å². The maximum Gasteiger partial charge on any atom is 0.416 e. The number of nitrogens with two attached hydrogens (primary N) is 1. The summed E-state index contributed by atoms with van der Waals surface area (Å²) in [6.45, 7) is 3.66. The molecule has 0 amide bonds. The molecule has 1 aromatic rings. The summed E-state index contributed by atoms with van der Waals surface area (Å²) in [5, 5.41) is 7.54. The van der Waals surface area contributed by atoms with E-state index in [0.717, 1.165) is 18.6 Å². The van der Waals surface area contributed by atoms with Gasteiger partial charge in [0.2, 0.25) is 0 Å². The lowest BCUT2D eigenvalue weighted by Gasteiger charge is -2.35. The van der Waals surface area contributed by atoms with Crippen molar-refractivity contribution in [1.29, 1.82) is 5.41 Å². The van der Waals surface area contributed by atoms with Crippen molar-refractivity contribution in [3.8, 4) is 0 Å². The van der Waals surface area contributed by atoms with Crippen molar-refractivity contribution >= 4 is 11.5 Å². The van der Waals surface area contributed by atoms with E-state index in [0.29, 0.717) is 25.4 Å². The van der Waals surface area contributed by atoms with E-state index in [4.69, 9.17) is 15.9 Å². The Bertz CT molecular complexity index is 531. The first-order valence-electron chi connectivity index (χ1n) is 6.75. The fraction of sp³-hybridized carbons (Fsp3) is 0.500. The van der Waals surface area contributed by atoms with Crippen LogP contribution >= 0.6 is 0 Å². The Morgan fingerprint density at radius 2 is 2.19 bits per heavy atom. The molecular weight excluding hydrogens is 283 g/mol. The van der Waals surface area contributed by atoms with Gasteiger partial charge in [-0.2, -0.15) is 13.2 Å². The number of nitrogen functional groups attached to an aromatic ring is 1. The van der Waals surface area contributed by atoms with Crippen LogP contribution in [0.3, 0.4) is 0 Å². The highest BCUT2D eigenvalue weighted by Gasteiger charge is 2.32. The Labute approximate surface area is 121 Å². The zero-order valence-corrected chi connectivity index (χ0v) is 11.7. The monoisotopic (exact) mass is 301 g/mol. The van der Waals surface area contributed by atoms with Crippen LogP contribution in [-0.2, 0) is 10.9 Å². The molecule has 0 spiro atoms. The van der Waals surface area contributed by atoms with Crippen LogP contribution in [0.4, 0.5) is 18.9 Å². The van der Waals surface area contributed by atoms with Crippen LogP contribution in [0.5, 0.6) is 0 Å². The fourth-order valence-electron chi connectivity index (χ4n) is 2.39. The molecule has 116 valence electrons. The third-order valence-electron chi connectivity index (χ3n) is 3.55. The van der Waals surface area contributed by atoms with Crippen LogP contribution in [0.2, 0.25) is 0 Å². The summed E-state index contributed by atoms with van der Waals surface area (Å²) < 4.78 is 43.9. The van der Waals surface area contributed by atoms with Crippen molar-refractivity contribution in [3.05, 3.63) is 29.3 Å². The summed E-state index contributed by atoms with van der Waals surface area (Å²) in [4.78, 5) is 1.93. The molecule has 1 aliphatic rings. The van der Waals surface area contributed by atoms with E-state index >= 15 is 0 Å². The standard InChI is InChI=1S/C14H18F3N3O/c1-2-10-8-20(5-6-21-10)12-4-3-9(14(15,16)17)7-11(12)13(18)19/h3-4,7,10H,2,5-6,8H2,1H3,(H3,18,19). The van der Waals surface area contributed by atoms with Gasteiger partial charge in [-0.15, -0.1) is 0 Å². The average molecular weight is 301 g/mol. The number of ether oxygens (including phenoxy) is 1. The first-order valence-corrected chi connectivity index (χ1v) is 6.75. The lowest BCUT2D eigenvalue weighted by Crippen LogP contribution is -2.43. The molecule has 4 nitrogen and oxygen atoms in total. The maximum absolute atomic E-state index is 12.8. The molecule has 1 atom stereocenters. The molecule has 0 radical (unpaired) electrons. The molecule has 3 N–H and O–H groups in total. The largest absolute Gasteiger partial charge is 0.416 e. The van der Waals surface area contributed by atoms with Gasteiger partial charge in [0.15, 0.2) is 0 Å². The van der Waals surface area contributed by atoms with E-state index in [1.54, 1.807) is 0 Å². The number of alkyl halides is 3. The van der Waals surface area contributed by atoms with Gasteiger partial charge in [-0.05, 0) is 24.6 Å². The molecule has 2 rings (SSSR count). The second-order valence-corrected chi connectivity index (χ2v) is 4.99. The van der Waals surface area contributed by atoms with Crippen molar-refractivity contribution < 1.29 is 17.9 Å². The highest BCUT2D eigenvalue weighted by Crippen LogP contribution is 2.33. The van der Waals surface area contributed by atoms with Crippen molar-refractivity contribution in [2.45, 2.75) is 25.6 Å². The number of amidine groups is 1. The number of hydrogen-bond donors (Lipinski definition) is 2. The molecule has 1 saturated heterocycles. The third kappa shape index (κ3) is 3.47. The van der Waals surface area contributed by atoms with Gasteiger partial charge >= 0.3 is 6.18 Å². The number of nitrogens with one attached hydrogen (secondary N) is 1. The zero-order chi connectivity index (χ0) is 15.6. The van der Waals surface area contributed by atoms with Crippen molar-refractivity contribution in [3.63, 3.8) is 0 Å². The molecule has 0 aliphatic carbocycles. The highest BCUT2D eigenvalue weighted by molar-refractivity contribution is 6.00. The first kappa shape index (κ1) is 15.6. The van der Waals surface area contributed by atoms with Crippen molar-refractivity contribution in [2.75, 3.05) is 24.6 Å². The molecule has 7 heteroatoms. The second-order valence-electron chi connectivity index (χ2n) is 4.99. The van der Waals surface area contributed by atoms with E-state index in [2.05, 4.69) is 0 Å². The minimum atomic E-state index is -4.44. The number of rotatable bonds is 3. The number of morpholine rings is 1. The minimum absolute atomic E-state index is 0.0425.